The van der Waals surface area contributed by atoms with E-state index in [4.69, 9.17) is 0 Å². The maximum atomic E-state index is 12.0. The highest BCUT2D eigenvalue weighted by molar-refractivity contribution is 7.12. The van der Waals surface area contributed by atoms with Gasteiger partial charge in [-0.2, -0.15) is 0 Å². The number of ketones is 1. The second-order valence-electron chi connectivity index (χ2n) is 7.38. The molecule has 3 saturated heterocycles. The second kappa shape index (κ2) is 7.33. The first-order valence-corrected chi connectivity index (χ1v) is 9.55. The summed E-state index contributed by atoms with van der Waals surface area (Å²) in [6.45, 7) is 6.17. The maximum Gasteiger partial charge on any atom is 0.236 e. The standard InChI is InChI=1S/C18H27N3O2S/c1-13(22)17-6-15(12-24-17)9-21-8-14-4-5-16(21)10-20(7-14)11-18(23)19(2)3/h6,12,14,16H,4-5,7-11H2,1-3H3/t14-,16+/m1/s1. The predicted octanol–water partition coefficient (Wildman–Crippen LogP) is 1.94. The zero-order valence-electron chi connectivity index (χ0n) is 14.8. The number of hydrogen-bond acceptors (Lipinski definition) is 5. The van der Waals surface area contributed by atoms with Crippen LogP contribution in [-0.2, 0) is 11.3 Å². The number of thiophene rings is 1. The molecule has 1 amide bonds. The van der Waals surface area contributed by atoms with Crippen molar-refractivity contribution in [1.82, 2.24) is 14.7 Å². The molecule has 3 fully saturated rings. The first-order valence-electron chi connectivity index (χ1n) is 8.67. The van der Waals surface area contributed by atoms with Gasteiger partial charge in [0, 0.05) is 46.3 Å². The van der Waals surface area contributed by atoms with E-state index in [1.807, 2.05) is 20.2 Å². The van der Waals surface area contributed by atoms with Gasteiger partial charge >= 0.3 is 0 Å². The van der Waals surface area contributed by atoms with Gasteiger partial charge in [0.2, 0.25) is 5.91 Å². The number of nitrogens with zero attached hydrogens (tertiary/aromatic N) is 3. The lowest BCUT2D eigenvalue weighted by atomic mass is 9.94. The first kappa shape index (κ1) is 17.6. The topological polar surface area (TPSA) is 43.9 Å². The van der Waals surface area contributed by atoms with Crippen molar-refractivity contribution in [3.63, 3.8) is 0 Å². The third-order valence-corrected chi connectivity index (χ3v) is 6.23. The summed E-state index contributed by atoms with van der Waals surface area (Å²) in [4.78, 5) is 30.9. The summed E-state index contributed by atoms with van der Waals surface area (Å²) in [5, 5.41) is 2.11. The molecule has 6 heteroatoms. The zero-order valence-corrected chi connectivity index (χ0v) is 15.6. The van der Waals surface area contributed by atoms with Crippen molar-refractivity contribution in [2.75, 3.05) is 40.3 Å². The minimum absolute atomic E-state index is 0.150. The van der Waals surface area contributed by atoms with Gasteiger partial charge in [0.25, 0.3) is 0 Å². The van der Waals surface area contributed by atoms with Crippen molar-refractivity contribution in [3.8, 4) is 0 Å². The molecule has 4 rings (SSSR count). The molecule has 3 aliphatic rings. The number of carbonyl (C=O) groups is 2. The van der Waals surface area contributed by atoms with Gasteiger partial charge in [-0.3, -0.25) is 19.4 Å². The van der Waals surface area contributed by atoms with Crippen LogP contribution in [0.2, 0.25) is 0 Å². The van der Waals surface area contributed by atoms with Crippen molar-refractivity contribution in [3.05, 3.63) is 21.9 Å². The van der Waals surface area contributed by atoms with Crippen LogP contribution in [0.25, 0.3) is 0 Å². The Bertz CT molecular complexity index is 613. The van der Waals surface area contributed by atoms with Crippen LogP contribution in [0.5, 0.6) is 0 Å². The highest BCUT2D eigenvalue weighted by atomic mass is 32.1. The van der Waals surface area contributed by atoms with E-state index < -0.39 is 0 Å². The molecule has 0 unspecified atom stereocenters. The lowest BCUT2D eigenvalue weighted by molar-refractivity contribution is -0.130. The molecule has 1 aromatic rings. The summed E-state index contributed by atoms with van der Waals surface area (Å²) in [7, 11) is 3.65. The van der Waals surface area contributed by atoms with E-state index in [1.165, 1.54) is 18.4 Å². The molecule has 0 spiro atoms. The van der Waals surface area contributed by atoms with Gasteiger partial charge in [0.1, 0.15) is 0 Å². The molecule has 2 atom stereocenters. The van der Waals surface area contributed by atoms with Crippen LogP contribution in [0.1, 0.15) is 35.0 Å². The SMILES string of the molecule is CC(=O)c1cc(CN2C[C@@H]3CC[C@H]2CN(CC(=O)N(C)C)C3)cs1. The van der Waals surface area contributed by atoms with Gasteiger partial charge < -0.3 is 4.90 Å². The number of Topliss-reactive ketones (excluding diaryl/α,β-unsaturated/α-hetero) is 1. The van der Waals surface area contributed by atoms with Gasteiger partial charge in [-0.25, -0.2) is 0 Å². The monoisotopic (exact) mass is 349 g/mol. The average Bonchev–Trinajstić information content (AvgIpc) is 2.82. The quantitative estimate of drug-likeness (QED) is 0.762. The first-order chi connectivity index (χ1) is 11.4. The average molecular weight is 350 g/mol. The number of hydrogen-bond donors (Lipinski definition) is 0. The van der Waals surface area contributed by atoms with E-state index >= 15 is 0 Å². The molecule has 0 radical (unpaired) electrons. The third-order valence-electron chi connectivity index (χ3n) is 5.15. The normalized spacial score (nSPS) is 24.8. The highest BCUT2D eigenvalue weighted by Gasteiger charge is 2.35. The van der Waals surface area contributed by atoms with Gasteiger partial charge in [0.15, 0.2) is 5.78 Å². The van der Waals surface area contributed by atoms with Crippen molar-refractivity contribution in [2.45, 2.75) is 32.4 Å². The molecule has 0 N–H and O–H groups in total. The fourth-order valence-electron chi connectivity index (χ4n) is 3.81. The zero-order chi connectivity index (χ0) is 17.3. The lowest BCUT2D eigenvalue weighted by Gasteiger charge is -2.36. The number of carbonyl (C=O) groups excluding carboxylic acids is 2. The predicted molar refractivity (Wildman–Crippen MR) is 96.4 cm³/mol. The van der Waals surface area contributed by atoms with Crippen LogP contribution >= 0.6 is 11.3 Å². The molecular formula is C18H27N3O2S. The van der Waals surface area contributed by atoms with Gasteiger partial charge in [-0.15, -0.1) is 11.3 Å². The van der Waals surface area contributed by atoms with E-state index in [0.717, 1.165) is 31.1 Å². The third kappa shape index (κ3) is 4.05. The molecule has 1 aromatic heterocycles. The second-order valence-corrected chi connectivity index (χ2v) is 8.30. The van der Waals surface area contributed by atoms with Crippen LogP contribution in [0.4, 0.5) is 0 Å². The van der Waals surface area contributed by atoms with Crippen LogP contribution in [0, 0.1) is 5.92 Å². The Morgan fingerprint density at radius 1 is 1.25 bits per heavy atom. The van der Waals surface area contributed by atoms with Gasteiger partial charge in [-0.05, 0) is 42.7 Å². The summed E-state index contributed by atoms with van der Waals surface area (Å²) in [6.07, 6.45) is 2.47. The number of likely N-dealkylation sites (N-methyl/N-ethyl adjacent to an activating group) is 1. The van der Waals surface area contributed by atoms with E-state index in [9.17, 15) is 9.59 Å². The Balaban J connectivity index is 1.64. The molecule has 132 valence electrons. The Morgan fingerprint density at radius 2 is 2.04 bits per heavy atom. The largest absolute Gasteiger partial charge is 0.348 e. The van der Waals surface area contributed by atoms with Crippen LogP contribution < -0.4 is 0 Å². The number of amides is 1. The summed E-state index contributed by atoms with van der Waals surface area (Å²) in [6, 6.07) is 2.55. The van der Waals surface area contributed by atoms with Crippen LogP contribution in [-0.4, -0.2) is 72.7 Å². The van der Waals surface area contributed by atoms with Crippen molar-refractivity contribution < 1.29 is 9.59 Å². The van der Waals surface area contributed by atoms with Crippen LogP contribution in [0.15, 0.2) is 11.4 Å². The summed E-state index contributed by atoms with van der Waals surface area (Å²) in [5.41, 5.74) is 1.24. The molecule has 0 aromatic carbocycles. The van der Waals surface area contributed by atoms with E-state index in [-0.39, 0.29) is 11.7 Å². The lowest BCUT2D eigenvalue weighted by Crippen LogP contribution is -2.44. The maximum absolute atomic E-state index is 12.0. The van der Waals surface area contributed by atoms with E-state index in [2.05, 4.69) is 15.2 Å². The fourth-order valence-corrected chi connectivity index (χ4v) is 4.62. The Hall–Kier alpha value is -1.24. The summed E-state index contributed by atoms with van der Waals surface area (Å²) < 4.78 is 0. The molecule has 24 heavy (non-hydrogen) atoms. The molecule has 3 aliphatic heterocycles. The summed E-state index contributed by atoms with van der Waals surface area (Å²) in [5.74, 6) is 0.980. The number of rotatable bonds is 5. The van der Waals surface area contributed by atoms with Crippen LogP contribution in [0.3, 0.4) is 0 Å². The number of fused-ring (bicyclic) bond motifs is 4. The van der Waals surface area contributed by atoms with Crippen molar-refractivity contribution in [2.24, 2.45) is 5.92 Å². The minimum Gasteiger partial charge on any atom is -0.348 e. The van der Waals surface area contributed by atoms with E-state index in [0.29, 0.717) is 18.5 Å². The number of piperidine rings is 1. The smallest absolute Gasteiger partial charge is 0.236 e. The Morgan fingerprint density at radius 3 is 2.71 bits per heavy atom. The fraction of sp³-hybridized carbons (Fsp3) is 0.667. The van der Waals surface area contributed by atoms with Crippen molar-refractivity contribution >= 4 is 23.0 Å². The van der Waals surface area contributed by atoms with Gasteiger partial charge in [-0.1, -0.05) is 0 Å². The molecule has 0 aliphatic carbocycles. The molecular weight excluding hydrogens is 322 g/mol. The summed E-state index contributed by atoms with van der Waals surface area (Å²) >= 11 is 1.55. The highest BCUT2D eigenvalue weighted by Crippen LogP contribution is 2.30. The molecule has 0 saturated carbocycles. The Kier molecular flexibility index (Phi) is 5.37. The van der Waals surface area contributed by atoms with E-state index in [1.54, 1.807) is 23.2 Å². The van der Waals surface area contributed by atoms with Gasteiger partial charge in [0.05, 0.1) is 11.4 Å². The minimum atomic E-state index is 0.150. The molecule has 2 bridgehead atoms. The molecule has 5 nitrogen and oxygen atoms in total. The van der Waals surface area contributed by atoms with Crippen molar-refractivity contribution in [1.29, 1.82) is 0 Å². The Labute approximate surface area is 148 Å². The molecule has 4 heterocycles.